The summed E-state index contributed by atoms with van der Waals surface area (Å²) in [7, 11) is 0. The standard InChI is InChI=1S/C16H26N2/c1-3-5-6-7-16-11-13(10-14(4-2)18-16)12-17-15-8-9-15/h10-11,15,17H,3-9,12H2,1-2H3. The maximum absolute atomic E-state index is 4.74. The van der Waals surface area contributed by atoms with Crippen molar-refractivity contribution in [2.24, 2.45) is 0 Å². The molecule has 18 heavy (non-hydrogen) atoms. The summed E-state index contributed by atoms with van der Waals surface area (Å²) in [6, 6.07) is 5.34. The second-order valence-electron chi connectivity index (χ2n) is 5.42. The summed E-state index contributed by atoms with van der Waals surface area (Å²) in [5, 5.41) is 3.59. The molecule has 0 atom stereocenters. The van der Waals surface area contributed by atoms with Crippen LogP contribution in [0.15, 0.2) is 12.1 Å². The zero-order chi connectivity index (χ0) is 12.8. The van der Waals surface area contributed by atoms with E-state index in [1.165, 1.54) is 49.1 Å². The predicted octanol–water partition coefficient (Wildman–Crippen LogP) is 3.63. The van der Waals surface area contributed by atoms with Crippen LogP contribution in [0.1, 0.15) is 62.9 Å². The number of pyridine rings is 1. The van der Waals surface area contributed by atoms with E-state index in [1.54, 1.807) is 0 Å². The molecule has 2 heteroatoms. The summed E-state index contributed by atoms with van der Waals surface area (Å²) in [5.74, 6) is 0. The molecule has 0 spiro atoms. The number of unbranched alkanes of at least 4 members (excludes halogenated alkanes) is 2. The molecule has 1 aliphatic carbocycles. The van der Waals surface area contributed by atoms with Crippen LogP contribution in [0, 0.1) is 0 Å². The van der Waals surface area contributed by atoms with E-state index in [0.29, 0.717) is 0 Å². The third-order valence-corrected chi connectivity index (χ3v) is 3.56. The normalized spacial score (nSPS) is 15.0. The fourth-order valence-electron chi connectivity index (χ4n) is 2.24. The molecule has 0 unspecified atom stereocenters. The van der Waals surface area contributed by atoms with Gasteiger partial charge in [-0.1, -0.05) is 26.7 Å². The van der Waals surface area contributed by atoms with Crippen LogP contribution in [0.2, 0.25) is 0 Å². The molecule has 1 N–H and O–H groups in total. The first kappa shape index (κ1) is 13.5. The van der Waals surface area contributed by atoms with Crippen molar-refractivity contribution in [1.82, 2.24) is 10.3 Å². The lowest BCUT2D eigenvalue weighted by Gasteiger charge is -2.09. The summed E-state index contributed by atoms with van der Waals surface area (Å²) in [6.45, 7) is 5.46. The number of nitrogens with zero attached hydrogens (tertiary/aromatic N) is 1. The van der Waals surface area contributed by atoms with Gasteiger partial charge < -0.3 is 5.32 Å². The monoisotopic (exact) mass is 246 g/mol. The van der Waals surface area contributed by atoms with E-state index in [4.69, 9.17) is 4.98 Å². The Hall–Kier alpha value is -0.890. The second-order valence-corrected chi connectivity index (χ2v) is 5.42. The molecule has 0 bridgehead atoms. The minimum atomic E-state index is 0.784. The minimum absolute atomic E-state index is 0.784. The Morgan fingerprint density at radius 2 is 1.94 bits per heavy atom. The van der Waals surface area contributed by atoms with Crippen LogP contribution < -0.4 is 5.32 Å². The molecular formula is C16H26N2. The lowest BCUT2D eigenvalue weighted by Crippen LogP contribution is -2.16. The zero-order valence-corrected chi connectivity index (χ0v) is 11.8. The largest absolute Gasteiger partial charge is 0.310 e. The van der Waals surface area contributed by atoms with Gasteiger partial charge in [0.05, 0.1) is 0 Å². The molecule has 2 nitrogen and oxygen atoms in total. The molecule has 2 rings (SSSR count). The van der Waals surface area contributed by atoms with Crippen molar-refractivity contribution in [3.8, 4) is 0 Å². The molecule has 1 aromatic rings. The summed E-state index contributed by atoms with van der Waals surface area (Å²) >= 11 is 0. The Bertz CT molecular complexity index is 369. The van der Waals surface area contributed by atoms with Crippen molar-refractivity contribution in [2.75, 3.05) is 0 Å². The Labute approximate surface area is 111 Å². The number of rotatable bonds is 8. The van der Waals surface area contributed by atoms with Gasteiger partial charge in [-0.3, -0.25) is 4.98 Å². The maximum Gasteiger partial charge on any atom is 0.0410 e. The van der Waals surface area contributed by atoms with E-state index in [9.17, 15) is 0 Å². The minimum Gasteiger partial charge on any atom is -0.310 e. The van der Waals surface area contributed by atoms with E-state index < -0.39 is 0 Å². The smallest absolute Gasteiger partial charge is 0.0410 e. The Balaban J connectivity index is 1.95. The number of hydrogen-bond donors (Lipinski definition) is 1. The van der Waals surface area contributed by atoms with Crippen LogP contribution in [-0.2, 0) is 19.4 Å². The lowest BCUT2D eigenvalue weighted by molar-refractivity contribution is 0.678. The van der Waals surface area contributed by atoms with Gasteiger partial charge in [0.15, 0.2) is 0 Å². The quantitative estimate of drug-likeness (QED) is 0.709. The number of nitrogens with one attached hydrogen (secondary N) is 1. The van der Waals surface area contributed by atoms with Crippen molar-refractivity contribution < 1.29 is 0 Å². The predicted molar refractivity (Wildman–Crippen MR) is 76.7 cm³/mol. The van der Waals surface area contributed by atoms with Crippen molar-refractivity contribution in [3.05, 3.63) is 29.1 Å². The first-order chi connectivity index (χ1) is 8.81. The topological polar surface area (TPSA) is 24.9 Å². The van der Waals surface area contributed by atoms with Gasteiger partial charge in [-0.2, -0.15) is 0 Å². The summed E-state index contributed by atoms with van der Waals surface area (Å²) in [4.78, 5) is 4.74. The second kappa shape index (κ2) is 6.89. The SMILES string of the molecule is CCCCCc1cc(CNC2CC2)cc(CC)n1. The molecule has 1 aromatic heterocycles. The van der Waals surface area contributed by atoms with Gasteiger partial charge in [-0.15, -0.1) is 0 Å². The highest BCUT2D eigenvalue weighted by molar-refractivity contribution is 5.22. The molecule has 0 amide bonds. The molecule has 0 aliphatic heterocycles. The molecule has 1 aliphatic rings. The first-order valence-corrected chi connectivity index (χ1v) is 7.54. The average molecular weight is 246 g/mol. The van der Waals surface area contributed by atoms with Crippen LogP contribution in [0.25, 0.3) is 0 Å². The van der Waals surface area contributed by atoms with Gasteiger partial charge in [0.2, 0.25) is 0 Å². The van der Waals surface area contributed by atoms with E-state index in [0.717, 1.165) is 25.4 Å². The van der Waals surface area contributed by atoms with E-state index in [-0.39, 0.29) is 0 Å². The number of hydrogen-bond acceptors (Lipinski definition) is 2. The van der Waals surface area contributed by atoms with Gasteiger partial charge in [0, 0.05) is 24.0 Å². The molecule has 1 fully saturated rings. The highest BCUT2D eigenvalue weighted by atomic mass is 14.9. The molecule has 1 heterocycles. The molecule has 100 valence electrons. The van der Waals surface area contributed by atoms with Crippen LogP contribution in [-0.4, -0.2) is 11.0 Å². The highest BCUT2D eigenvalue weighted by Crippen LogP contribution is 2.19. The molecule has 0 saturated heterocycles. The van der Waals surface area contributed by atoms with E-state index in [1.807, 2.05) is 0 Å². The van der Waals surface area contributed by atoms with Crippen molar-refractivity contribution in [2.45, 2.75) is 71.4 Å². The summed E-state index contributed by atoms with van der Waals surface area (Å²) in [5.41, 5.74) is 3.95. The zero-order valence-electron chi connectivity index (χ0n) is 11.8. The molecule has 0 aromatic carbocycles. The third kappa shape index (κ3) is 4.41. The Morgan fingerprint density at radius 3 is 2.61 bits per heavy atom. The van der Waals surface area contributed by atoms with Gasteiger partial charge in [0.25, 0.3) is 0 Å². The molecule has 0 radical (unpaired) electrons. The van der Waals surface area contributed by atoms with Crippen LogP contribution in [0.3, 0.4) is 0 Å². The van der Waals surface area contributed by atoms with Crippen LogP contribution in [0.5, 0.6) is 0 Å². The van der Waals surface area contributed by atoms with Gasteiger partial charge >= 0.3 is 0 Å². The molecular weight excluding hydrogens is 220 g/mol. The average Bonchev–Trinajstić information content (AvgIpc) is 3.20. The molecule has 1 saturated carbocycles. The fourth-order valence-corrected chi connectivity index (χ4v) is 2.24. The lowest BCUT2D eigenvalue weighted by atomic mass is 10.1. The summed E-state index contributed by atoms with van der Waals surface area (Å²) in [6.07, 6.45) is 8.75. The van der Waals surface area contributed by atoms with Crippen molar-refractivity contribution >= 4 is 0 Å². The fraction of sp³-hybridized carbons (Fsp3) is 0.688. The number of aryl methyl sites for hydroxylation is 2. The van der Waals surface area contributed by atoms with Gasteiger partial charge in [-0.25, -0.2) is 0 Å². The number of aromatic nitrogens is 1. The highest BCUT2D eigenvalue weighted by Gasteiger charge is 2.20. The maximum atomic E-state index is 4.74. The van der Waals surface area contributed by atoms with Crippen molar-refractivity contribution in [1.29, 1.82) is 0 Å². The summed E-state index contributed by atoms with van der Waals surface area (Å²) < 4.78 is 0. The van der Waals surface area contributed by atoms with Crippen LogP contribution in [0.4, 0.5) is 0 Å². The first-order valence-electron chi connectivity index (χ1n) is 7.54. The van der Waals surface area contributed by atoms with E-state index >= 15 is 0 Å². The van der Waals surface area contributed by atoms with Gasteiger partial charge in [-0.05, 0) is 49.8 Å². The van der Waals surface area contributed by atoms with Crippen molar-refractivity contribution in [3.63, 3.8) is 0 Å². The van der Waals surface area contributed by atoms with Gasteiger partial charge in [0.1, 0.15) is 0 Å². The van der Waals surface area contributed by atoms with E-state index in [2.05, 4.69) is 31.3 Å². The third-order valence-electron chi connectivity index (χ3n) is 3.56. The van der Waals surface area contributed by atoms with Crippen LogP contribution >= 0.6 is 0 Å². The Kier molecular flexibility index (Phi) is 5.18. The Morgan fingerprint density at radius 1 is 1.17 bits per heavy atom.